The van der Waals surface area contributed by atoms with Crippen molar-refractivity contribution in [2.75, 3.05) is 19.7 Å². The molecule has 0 aliphatic carbocycles. The Balaban J connectivity index is 1.46. The molecule has 0 bridgehead atoms. The van der Waals surface area contributed by atoms with Gasteiger partial charge in [-0.2, -0.15) is 0 Å². The van der Waals surface area contributed by atoms with Gasteiger partial charge < -0.3 is 15.4 Å². The first-order chi connectivity index (χ1) is 14.4. The molecule has 0 aromatic heterocycles. The van der Waals surface area contributed by atoms with Gasteiger partial charge >= 0.3 is 0 Å². The molecular formula is C22H23N3O5. The lowest BCUT2D eigenvalue weighted by Crippen LogP contribution is -2.36. The largest absolute Gasteiger partial charge is 0.484 e. The average molecular weight is 409 g/mol. The van der Waals surface area contributed by atoms with E-state index in [2.05, 4.69) is 10.6 Å². The Morgan fingerprint density at radius 1 is 0.933 bits per heavy atom. The molecule has 1 heterocycles. The summed E-state index contributed by atoms with van der Waals surface area (Å²) in [7, 11) is 0. The Bertz CT molecular complexity index is 972. The molecule has 156 valence electrons. The highest BCUT2D eigenvalue weighted by atomic mass is 16.5. The number of ether oxygens (including phenoxy) is 1. The Morgan fingerprint density at radius 3 is 2.30 bits per heavy atom. The molecule has 2 aromatic rings. The third-order valence-corrected chi connectivity index (χ3v) is 4.54. The van der Waals surface area contributed by atoms with Gasteiger partial charge in [0, 0.05) is 24.7 Å². The van der Waals surface area contributed by atoms with Gasteiger partial charge in [0.05, 0.1) is 11.1 Å². The van der Waals surface area contributed by atoms with Gasteiger partial charge in [0.1, 0.15) is 5.75 Å². The van der Waals surface area contributed by atoms with Crippen molar-refractivity contribution >= 4 is 23.6 Å². The first kappa shape index (κ1) is 21.0. The molecule has 0 spiro atoms. The molecule has 4 amide bonds. The number of nitrogens with zero attached hydrogens (tertiary/aromatic N) is 1. The highest BCUT2D eigenvalue weighted by Crippen LogP contribution is 2.25. The number of rotatable bonds is 8. The predicted molar refractivity (Wildman–Crippen MR) is 109 cm³/mol. The fourth-order valence-electron chi connectivity index (χ4n) is 3.07. The quantitative estimate of drug-likeness (QED) is 0.509. The molecule has 0 fully saturated rings. The monoisotopic (exact) mass is 409 g/mol. The van der Waals surface area contributed by atoms with Gasteiger partial charge in [-0.3, -0.25) is 24.1 Å². The maximum absolute atomic E-state index is 12.4. The summed E-state index contributed by atoms with van der Waals surface area (Å²) in [5, 5.41) is 5.32. The Labute approximate surface area is 174 Å². The van der Waals surface area contributed by atoms with E-state index in [4.69, 9.17) is 4.74 Å². The standard InChI is InChI=1S/C22H23N3O5/c1-14(2)25-21(28)17-9-8-15(12-18(17)22(25)29)20(27)24-11-10-23-19(26)13-30-16-6-4-3-5-7-16/h3-9,12,14H,10-11,13H2,1-2H3,(H,23,26)(H,24,27). The van der Waals surface area contributed by atoms with Crippen LogP contribution in [0.15, 0.2) is 48.5 Å². The summed E-state index contributed by atoms with van der Waals surface area (Å²) in [6.45, 7) is 3.83. The molecule has 2 N–H and O–H groups in total. The molecule has 3 rings (SSSR count). The van der Waals surface area contributed by atoms with Crippen LogP contribution in [0.1, 0.15) is 44.9 Å². The van der Waals surface area contributed by atoms with E-state index in [1.54, 1.807) is 26.0 Å². The van der Waals surface area contributed by atoms with E-state index in [0.29, 0.717) is 11.3 Å². The maximum atomic E-state index is 12.4. The number of nitrogens with one attached hydrogen (secondary N) is 2. The highest BCUT2D eigenvalue weighted by Gasteiger charge is 2.37. The number of para-hydroxylation sites is 1. The van der Waals surface area contributed by atoms with Crippen LogP contribution in [0.4, 0.5) is 0 Å². The fraction of sp³-hybridized carbons (Fsp3) is 0.273. The fourth-order valence-corrected chi connectivity index (χ4v) is 3.07. The summed E-state index contributed by atoms with van der Waals surface area (Å²) in [5.74, 6) is -0.844. The molecule has 0 unspecified atom stereocenters. The van der Waals surface area contributed by atoms with E-state index in [-0.39, 0.29) is 48.7 Å². The third-order valence-electron chi connectivity index (χ3n) is 4.54. The minimum Gasteiger partial charge on any atom is -0.484 e. The van der Waals surface area contributed by atoms with Crippen molar-refractivity contribution in [3.63, 3.8) is 0 Å². The summed E-state index contributed by atoms with van der Waals surface area (Å²) in [5.41, 5.74) is 0.808. The SMILES string of the molecule is CC(C)N1C(=O)c2ccc(C(=O)NCCNC(=O)COc3ccccc3)cc2C1=O. The lowest BCUT2D eigenvalue weighted by molar-refractivity contribution is -0.123. The summed E-state index contributed by atoms with van der Waals surface area (Å²) < 4.78 is 5.34. The van der Waals surface area contributed by atoms with Crippen LogP contribution in [-0.2, 0) is 4.79 Å². The molecule has 1 aliphatic heterocycles. The number of imide groups is 1. The molecular weight excluding hydrogens is 386 g/mol. The molecule has 1 aliphatic rings. The summed E-state index contributed by atoms with van der Waals surface area (Å²) in [4.78, 5) is 50.1. The second-order valence-electron chi connectivity index (χ2n) is 7.04. The summed E-state index contributed by atoms with van der Waals surface area (Å²) >= 11 is 0. The van der Waals surface area contributed by atoms with E-state index >= 15 is 0 Å². The first-order valence-corrected chi connectivity index (χ1v) is 9.63. The van der Waals surface area contributed by atoms with Gasteiger partial charge in [-0.25, -0.2) is 0 Å². The van der Waals surface area contributed by atoms with Crippen LogP contribution < -0.4 is 15.4 Å². The van der Waals surface area contributed by atoms with Gasteiger partial charge in [0.25, 0.3) is 23.6 Å². The van der Waals surface area contributed by atoms with Crippen LogP contribution in [0, 0.1) is 0 Å². The van der Waals surface area contributed by atoms with Crippen molar-refractivity contribution in [2.24, 2.45) is 0 Å². The van der Waals surface area contributed by atoms with Gasteiger partial charge in [0.15, 0.2) is 6.61 Å². The zero-order valence-corrected chi connectivity index (χ0v) is 16.8. The van der Waals surface area contributed by atoms with Crippen molar-refractivity contribution < 1.29 is 23.9 Å². The normalized spacial score (nSPS) is 12.7. The minimum atomic E-state index is -0.398. The molecule has 8 nitrogen and oxygen atoms in total. The number of benzene rings is 2. The lowest BCUT2D eigenvalue weighted by Gasteiger charge is -2.17. The van der Waals surface area contributed by atoms with Crippen LogP contribution in [0.3, 0.4) is 0 Å². The second-order valence-corrected chi connectivity index (χ2v) is 7.04. The van der Waals surface area contributed by atoms with Crippen molar-refractivity contribution in [1.82, 2.24) is 15.5 Å². The van der Waals surface area contributed by atoms with E-state index < -0.39 is 11.8 Å². The van der Waals surface area contributed by atoms with Crippen LogP contribution in [0.2, 0.25) is 0 Å². The number of hydrogen-bond acceptors (Lipinski definition) is 5. The smallest absolute Gasteiger partial charge is 0.261 e. The van der Waals surface area contributed by atoms with Crippen molar-refractivity contribution in [1.29, 1.82) is 0 Å². The molecule has 0 saturated heterocycles. The first-order valence-electron chi connectivity index (χ1n) is 9.63. The number of carbonyl (C=O) groups is 4. The van der Waals surface area contributed by atoms with Crippen molar-refractivity contribution in [3.8, 4) is 5.75 Å². The topological polar surface area (TPSA) is 105 Å². The number of amides is 4. The molecule has 8 heteroatoms. The van der Waals surface area contributed by atoms with Crippen molar-refractivity contribution in [2.45, 2.75) is 19.9 Å². The Hall–Kier alpha value is -3.68. The van der Waals surface area contributed by atoms with Crippen LogP contribution in [0.5, 0.6) is 5.75 Å². The highest BCUT2D eigenvalue weighted by molar-refractivity contribution is 6.22. The van der Waals surface area contributed by atoms with Gasteiger partial charge in [-0.05, 0) is 44.2 Å². The van der Waals surface area contributed by atoms with E-state index in [9.17, 15) is 19.2 Å². The van der Waals surface area contributed by atoms with E-state index in [1.165, 1.54) is 23.1 Å². The average Bonchev–Trinajstić information content (AvgIpc) is 3.00. The molecule has 0 radical (unpaired) electrons. The van der Waals surface area contributed by atoms with E-state index in [0.717, 1.165) is 0 Å². The zero-order valence-electron chi connectivity index (χ0n) is 16.8. The second kappa shape index (κ2) is 9.21. The molecule has 0 saturated carbocycles. The number of hydrogen-bond donors (Lipinski definition) is 2. The summed E-state index contributed by atoms with van der Waals surface area (Å²) in [6.07, 6.45) is 0. The van der Waals surface area contributed by atoms with Gasteiger partial charge in [0.2, 0.25) is 0 Å². The Morgan fingerprint density at radius 2 is 1.60 bits per heavy atom. The molecule has 2 aromatic carbocycles. The predicted octanol–water partition coefficient (Wildman–Crippen LogP) is 1.62. The van der Waals surface area contributed by atoms with Crippen LogP contribution in [-0.4, -0.2) is 54.3 Å². The number of fused-ring (bicyclic) bond motifs is 1. The number of carbonyl (C=O) groups excluding carboxylic acids is 4. The molecule has 0 atom stereocenters. The van der Waals surface area contributed by atoms with Gasteiger partial charge in [-0.15, -0.1) is 0 Å². The third kappa shape index (κ3) is 4.65. The van der Waals surface area contributed by atoms with Crippen LogP contribution >= 0.6 is 0 Å². The lowest BCUT2D eigenvalue weighted by atomic mass is 10.1. The zero-order chi connectivity index (χ0) is 21.7. The minimum absolute atomic E-state index is 0.120. The van der Waals surface area contributed by atoms with Crippen LogP contribution in [0.25, 0.3) is 0 Å². The van der Waals surface area contributed by atoms with E-state index in [1.807, 2.05) is 18.2 Å². The van der Waals surface area contributed by atoms with Gasteiger partial charge in [-0.1, -0.05) is 18.2 Å². The van der Waals surface area contributed by atoms with Crippen molar-refractivity contribution in [3.05, 3.63) is 65.2 Å². The maximum Gasteiger partial charge on any atom is 0.261 e. The summed E-state index contributed by atoms with van der Waals surface area (Å²) in [6, 6.07) is 13.2. The molecule has 30 heavy (non-hydrogen) atoms. The Kier molecular flexibility index (Phi) is 6.46.